The summed E-state index contributed by atoms with van der Waals surface area (Å²) in [6.45, 7) is 10.7. The fourth-order valence-corrected chi connectivity index (χ4v) is 1.79. The van der Waals surface area contributed by atoms with Gasteiger partial charge in [-0.3, -0.25) is 9.69 Å². The molecular weight excluding hydrogens is 246 g/mol. The highest BCUT2D eigenvalue weighted by atomic mass is 16.4. The summed E-state index contributed by atoms with van der Waals surface area (Å²) in [7, 11) is 0. The quantitative estimate of drug-likeness (QED) is 0.797. The van der Waals surface area contributed by atoms with Gasteiger partial charge in [0, 0.05) is 32.2 Å². The molecule has 0 aliphatic carbocycles. The van der Waals surface area contributed by atoms with E-state index in [1.807, 2.05) is 11.8 Å². The van der Waals surface area contributed by atoms with Gasteiger partial charge in [-0.25, -0.2) is 4.79 Å². The molecule has 110 valence electrons. The number of nitrogens with one attached hydrogen (secondary N) is 1. The summed E-state index contributed by atoms with van der Waals surface area (Å²) in [5.74, 6) is -0.820. The molecule has 1 fully saturated rings. The topological polar surface area (TPSA) is 72.9 Å². The van der Waals surface area contributed by atoms with Gasteiger partial charge in [-0.1, -0.05) is 20.8 Å². The predicted molar refractivity (Wildman–Crippen MR) is 73.1 cm³/mol. The molecule has 0 saturated carbocycles. The summed E-state index contributed by atoms with van der Waals surface area (Å²) in [6.07, 6.45) is 0. The first-order valence-corrected chi connectivity index (χ1v) is 6.69. The molecule has 0 aromatic carbocycles. The lowest BCUT2D eigenvalue weighted by Crippen LogP contribution is -2.55. The molecule has 0 aromatic rings. The van der Waals surface area contributed by atoms with Crippen molar-refractivity contribution in [1.82, 2.24) is 15.1 Å². The Bertz CT molecular complexity index is 331. The molecule has 1 unspecified atom stereocenters. The van der Waals surface area contributed by atoms with Crippen LogP contribution >= 0.6 is 0 Å². The van der Waals surface area contributed by atoms with Gasteiger partial charge in [0.2, 0.25) is 0 Å². The maximum absolute atomic E-state index is 12.1. The molecule has 1 heterocycles. The highest BCUT2D eigenvalue weighted by Gasteiger charge is 2.26. The van der Waals surface area contributed by atoms with Crippen LogP contribution in [-0.4, -0.2) is 65.7 Å². The molecule has 0 aromatic heterocycles. The van der Waals surface area contributed by atoms with Crippen molar-refractivity contribution >= 4 is 12.0 Å². The van der Waals surface area contributed by atoms with Crippen LogP contribution < -0.4 is 5.32 Å². The van der Waals surface area contributed by atoms with Crippen LogP contribution in [0, 0.1) is 5.41 Å². The van der Waals surface area contributed by atoms with E-state index >= 15 is 0 Å². The second kappa shape index (κ2) is 6.23. The first-order valence-electron chi connectivity index (χ1n) is 6.69. The number of carboxylic acids is 1. The number of hydrogen-bond donors (Lipinski definition) is 2. The average Bonchev–Trinajstić information content (AvgIpc) is 2.27. The second-order valence-electron chi connectivity index (χ2n) is 6.19. The fraction of sp³-hybridized carbons (Fsp3) is 0.846. The van der Waals surface area contributed by atoms with E-state index in [0.29, 0.717) is 26.2 Å². The zero-order valence-corrected chi connectivity index (χ0v) is 12.3. The van der Waals surface area contributed by atoms with Crippen LogP contribution in [0.5, 0.6) is 0 Å². The monoisotopic (exact) mass is 271 g/mol. The van der Waals surface area contributed by atoms with Crippen molar-refractivity contribution in [3.05, 3.63) is 0 Å². The van der Waals surface area contributed by atoms with Crippen LogP contribution in [0.2, 0.25) is 0 Å². The summed E-state index contributed by atoms with van der Waals surface area (Å²) < 4.78 is 0. The van der Waals surface area contributed by atoms with E-state index in [0.717, 1.165) is 0 Å². The third kappa shape index (κ3) is 5.06. The third-order valence-corrected chi connectivity index (χ3v) is 3.66. The van der Waals surface area contributed by atoms with Crippen LogP contribution in [0.15, 0.2) is 0 Å². The lowest BCUT2D eigenvalue weighted by Gasteiger charge is -2.36. The zero-order chi connectivity index (χ0) is 14.6. The highest BCUT2D eigenvalue weighted by Crippen LogP contribution is 2.18. The van der Waals surface area contributed by atoms with Crippen molar-refractivity contribution in [2.45, 2.75) is 33.7 Å². The summed E-state index contributed by atoms with van der Waals surface area (Å²) >= 11 is 0. The Kier molecular flexibility index (Phi) is 5.17. The number of carboxylic acid groups (broad SMARTS) is 1. The minimum Gasteiger partial charge on any atom is -0.480 e. The van der Waals surface area contributed by atoms with Gasteiger partial charge < -0.3 is 15.3 Å². The summed E-state index contributed by atoms with van der Waals surface area (Å²) in [6, 6.07) is 0.0365. The first-order chi connectivity index (χ1) is 8.70. The van der Waals surface area contributed by atoms with E-state index in [9.17, 15) is 9.59 Å². The Morgan fingerprint density at radius 3 is 2.16 bits per heavy atom. The molecular formula is C13H25N3O3. The van der Waals surface area contributed by atoms with Crippen LogP contribution in [0.25, 0.3) is 0 Å². The second-order valence-corrected chi connectivity index (χ2v) is 6.19. The Morgan fingerprint density at radius 2 is 1.74 bits per heavy atom. The van der Waals surface area contributed by atoms with Crippen molar-refractivity contribution in [1.29, 1.82) is 0 Å². The maximum Gasteiger partial charge on any atom is 0.317 e. The molecule has 1 rings (SSSR count). The molecule has 1 aliphatic rings. The molecule has 2 amide bonds. The Balaban J connectivity index is 2.39. The van der Waals surface area contributed by atoms with Crippen molar-refractivity contribution in [2.24, 2.45) is 5.41 Å². The van der Waals surface area contributed by atoms with Gasteiger partial charge in [-0.15, -0.1) is 0 Å². The summed E-state index contributed by atoms with van der Waals surface area (Å²) in [4.78, 5) is 26.3. The van der Waals surface area contributed by atoms with Gasteiger partial charge in [0.25, 0.3) is 0 Å². The van der Waals surface area contributed by atoms with Crippen LogP contribution in [-0.2, 0) is 4.79 Å². The number of aliphatic carboxylic acids is 1. The van der Waals surface area contributed by atoms with Gasteiger partial charge in [-0.2, -0.15) is 0 Å². The number of carbonyl (C=O) groups is 2. The molecule has 1 atom stereocenters. The molecule has 1 saturated heterocycles. The molecule has 0 spiro atoms. The Morgan fingerprint density at radius 1 is 1.21 bits per heavy atom. The van der Waals surface area contributed by atoms with Crippen molar-refractivity contribution in [3.8, 4) is 0 Å². The van der Waals surface area contributed by atoms with E-state index in [1.165, 1.54) is 0 Å². The van der Waals surface area contributed by atoms with E-state index in [2.05, 4.69) is 26.1 Å². The number of urea groups is 1. The first kappa shape index (κ1) is 15.8. The molecule has 6 heteroatoms. The SMILES string of the molecule is CC(NC(=O)N1CCN(CC(=O)O)CC1)C(C)(C)C. The minimum absolute atomic E-state index is 0.0286. The van der Waals surface area contributed by atoms with E-state index < -0.39 is 5.97 Å². The number of piperazine rings is 1. The third-order valence-electron chi connectivity index (χ3n) is 3.66. The zero-order valence-electron chi connectivity index (χ0n) is 12.3. The number of nitrogens with zero attached hydrogens (tertiary/aromatic N) is 2. The Labute approximate surface area is 114 Å². The molecule has 6 nitrogen and oxygen atoms in total. The van der Waals surface area contributed by atoms with Crippen LogP contribution in [0.1, 0.15) is 27.7 Å². The van der Waals surface area contributed by atoms with Crippen LogP contribution in [0.3, 0.4) is 0 Å². The number of carbonyl (C=O) groups excluding carboxylic acids is 1. The largest absolute Gasteiger partial charge is 0.480 e. The molecule has 19 heavy (non-hydrogen) atoms. The van der Waals surface area contributed by atoms with Gasteiger partial charge in [0.05, 0.1) is 6.54 Å². The van der Waals surface area contributed by atoms with Gasteiger partial charge >= 0.3 is 12.0 Å². The van der Waals surface area contributed by atoms with Crippen molar-refractivity contribution in [3.63, 3.8) is 0 Å². The summed E-state index contributed by atoms with van der Waals surface area (Å²) in [5, 5.41) is 11.7. The molecule has 0 bridgehead atoms. The number of amides is 2. The Hall–Kier alpha value is -1.30. The number of hydrogen-bond acceptors (Lipinski definition) is 3. The van der Waals surface area contributed by atoms with E-state index in [4.69, 9.17) is 5.11 Å². The van der Waals surface area contributed by atoms with E-state index in [-0.39, 0.29) is 24.0 Å². The highest BCUT2D eigenvalue weighted by molar-refractivity contribution is 5.74. The summed E-state index contributed by atoms with van der Waals surface area (Å²) in [5.41, 5.74) is 0.0286. The van der Waals surface area contributed by atoms with Crippen molar-refractivity contribution < 1.29 is 14.7 Å². The predicted octanol–water partition coefficient (Wildman–Crippen LogP) is 0.833. The minimum atomic E-state index is -0.820. The number of rotatable bonds is 3. The molecule has 1 aliphatic heterocycles. The molecule has 0 radical (unpaired) electrons. The maximum atomic E-state index is 12.1. The smallest absolute Gasteiger partial charge is 0.317 e. The average molecular weight is 271 g/mol. The van der Waals surface area contributed by atoms with Gasteiger partial charge in [-0.05, 0) is 12.3 Å². The van der Waals surface area contributed by atoms with Crippen LogP contribution in [0.4, 0.5) is 4.79 Å². The lowest BCUT2D eigenvalue weighted by molar-refractivity contribution is -0.138. The van der Waals surface area contributed by atoms with Gasteiger partial charge in [0.1, 0.15) is 0 Å². The van der Waals surface area contributed by atoms with Gasteiger partial charge in [0.15, 0.2) is 0 Å². The standard InChI is InChI=1S/C13H25N3O3/c1-10(13(2,3)4)14-12(19)16-7-5-15(6-8-16)9-11(17)18/h10H,5-9H2,1-4H3,(H,14,19)(H,17,18). The van der Waals surface area contributed by atoms with Crippen molar-refractivity contribution in [2.75, 3.05) is 32.7 Å². The van der Waals surface area contributed by atoms with E-state index in [1.54, 1.807) is 4.90 Å². The molecule has 2 N–H and O–H groups in total. The fourth-order valence-electron chi connectivity index (χ4n) is 1.79. The lowest BCUT2D eigenvalue weighted by atomic mass is 9.88. The normalized spacial score (nSPS) is 19.1.